The minimum absolute atomic E-state index is 0.849. The van der Waals surface area contributed by atoms with Gasteiger partial charge in [-0.3, -0.25) is 0 Å². The van der Waals surface area contributed by atoms with Crippen LogP contribution < -0.4 is 5.32 Å². The minimum atomic E-state index is 0.849. The van der Waals surface area contributed by atoms with Crippen LogP contribution in [0.5, 0.6) is 0 Å². The number of para-hydroxylation sites is 1. The maximum Gasteiger partial charge on any atom is 0.134 e. The van der Waals surface area contributed by atoms with Crippen LogP contribution in [0.2, 0.25) is 0 Å². The molecule has 3 rings (SSSR count). The van der Waals surface area contributed by atoms with Gasteiger partial charge in [0.05, 0.1) is 0 Å². The maximum atomic E-state index is 5.97. The van der Waals surface area contributed by atoms with Crippen LogP contribution in [-0.2, 0) is 13.0 Å². The highest BCUT2D eigenvalue weighted by Gasteiger charge is 2.21. The van der Waals surface area contributed by atoms with Gasteiger partial charge in [0, 0.05) is 23.9 Å². The van der Waals surface area contributed by atoms with Crippen molar-refractivity contribution in [3.63, 3.8) is 0 Å². The molecule has 0 aliphatic heterocycles. The van der Waals surface area contributed by atoms with Gasteiger partial charge in [-0.15, -0.1) is 0 Å². The highest BCUT2D eigenvalue weighted by Crippen LogP contribution is 2.30. The molecule has 1 aliphatic rings. The fourth-order valence-corrected chi connectivity index (χ4v) is 3.71. The third-order valence-electron chi connectivity index (χ3n) is 5.10. The molecule has 1 saturated carbocycles. The van der Waals surface area contributed by atoms with E-state index >= 15 is 0 Å². The molecule has 0 amide bonds. The number of furan rings is 1. The minimum Gasteiger partial charge on any atom is -0.461 e. The van der Waals surface area contributed by atoms with Crippen molar-refractivity contribution in [2.45, 2.75) is 52.5 Å². The summed E-state index contributed by atoms with van der Waals surface area (Å²) in [5.41, 5.74) is 2.38. The van der Waals surface area contributed by atoms with Crippen LogP contribution >= 0.6 is 0 Å². The molecule has 1 fully saturated rings. The lowest BCUT2D eigenvalue weighted by molar-refractivity contribution is 0.247. The zero-order valence-corrected chi connectivity index (χ0v) is 13.3. The van der Waals surface area contributed by atoms with E-state index in [1.165, 1.54) is 36.6 Å². The van der Waals surface area contributed by atoms with Crippen molar-refractivity contribution in [3.05, 3.63) is 35.6 Å². The summed E-state index contributed by atoms with van der Waals surface area (Å²) in [5.74, 6) is 2.86. The highest BCUT2D eigenvalue weighted by atomic mass is 16.3. The molecule has 2 nitrogen and oxygen atoms in total. The fraction of sp³-hybridized carbons (Fsp3) is 0.579. The second-order valence-corrected chi connectivity index (χ2v) is 6.51. The number of rotatable bonds is 5. The number of benzene rings is 1. The van der Waals surface area contributed by atoms with Gasteiger partial charge in [0.2, 0.25) is 0 Å². The molecule has 0 spiro atoms. The number of aryl methyl sites for hydroxylation is 1. The molecule has 2 aromatic rings. The molecule has 1 N–H and O–H groups in total. The Balaban J connectivity index is 1.67. The Morgan fingerprint density at radius 1 is 1.19 bits per heavy atom. The molecule has 0 bridgehead atoms. The fourth-order valence-electron chi connectivity index (χ4n) is 3.71. The number of nitrogens with one attached hydrogen (secondary N) is 1. The van der Waals surface area contributed by atoms with Crippen LogP contribution in [0.15, 0.2) is 28.7 Å². The van der Waals surface area contributed by atoms with Gasteiger partial charge >= 0.3 is 0 Å². The van der Waals surface area contributed by atoms with E-state index in [-0.39, 0.29) is 0 Å². The van der Waals surface area contributed by atoms with Crippen LogP contribution in [0.3, 0.4) is 0 Å². The Labute approximate surface area is 127 Å². The monoisotopic (exact) mass is 285 g/mol. The first-order valence-electron chi connectivity index (χ1n) is 8.49. The summed E-state index contributed by atoms with van der Waals surface area (Å²) in [6.07, 6.45) is 6.59. The van der Waals surface area contributed by atoms with Crippen LogP contribution in [0, 0.1) is 11.8 Å². The van der Waals surface area contributed by atoms with Gasteiger partial charge in [-0.1, -0.05) is 51.3 Å². The molecule has 2 atom stereocenters. The molecule has 1 heterocycles. The molecule has 114 valence electrons. The molecule has 2 heteroatoms. The van der Waals surface area contributed by atoms with Crippen molar-refractivity contribution in [3.8, 4) is 0 Å². The van der Waals surface area contributed by atoms with Crippen molar-refractivity contribution in [2.24, 2.45) is 11.8 Å². The summed E-state index contributed by atoms with van der Waals surface area (Å²) in [6.45, 7) is 6.66. The summed E-state index contributed by atoms with van der Waals surface area (Å²) in [5, 5.41) is 4.97. The number of hydrogen-bond donors (Lipinski definition) is 1. The van der Waals surface area contributed by atoms with E-state index in [0.717, 1.165) is 42.7 Å². The summed E-state index contributed by atoms with van der Waals surface area (Å²) < 4.78 is 5.97. The van der Waals surface area contributed by atoms with Crippen molar-refractivity contribution in [1.82, 2.24) is 5.32 Å². The van der Waals surface area contributed by atoms with Gasteiger partial charge in [0.25, 0.3) is 0 Å². The van der Waals surface area contributed by atoms with Gasteiger partial charge in [-0.05, 0) is 30.9 Å². The molecule has 0 radical (unpaired) electrons. The molecular formula is C19H27NO. The molecule has 1 aromatic heterocycles. The molecule has 21 heavy (non-hydrogen) atoms. The third kappa shape index (κ3) is 3.16. The quantitative estimate of drug-likeness (QED) is 0.844. The Hall–Kier alpha value is -1.28. The average Bonchev–Trinajstić information content (AvgIpc) is 2.87. The second kappa shape index (κ2) is 6.65. The van der Waals surface area contributed by atoms with Crippen molar-refractivity contribution >= 4 is 11.0 Å². The topological polar surface area (TPSA) is 25.2 Å². The largest absolute Gasteiger partial charge is 0.461 e. The average molecular weight is 285 g/mol. The zero-order valence-electron chi connectivity index (χ0n) is 13.3. The van der Waals surface area contributed by atoms with E-state index in [1.54, 1.807) is 0 Å². The van der Waals surface area contributed by atoms with Crippen molar-refractivity contribution < 1.29 is 4.42 Å². The van der Waals surface area contributed by atoms with Gasteiger partial charge < -0.3 is 9.73 Å². The van der Waals surface area contributed by atoms with E-state index in [4.69, 9.17) is 4.42 Å². The smallest absolute Gasteiger partial charge is 0.134 e. The van der Waals surface area contributed by atoms with Crippen LogP contribution in [0.4, 0.5) is 0 Å². The summed E-state index contributed by atoms with van der Waals surface area (Å²) in [4.78, 5) is 0. The van der Waals surface area contributed by atoms with Gasteiger partial charge in [0.15, 0.2) is 0 Å². The maximum absolute atomic E-state index is 5.97. The summed E-state index contributed by atoms with van der Waals surface area (Å²) in [6, 6.07) is 8.40. The Kier molecular flexibility index (Phi) is 4.64. The third-order valence-corrected chi connectivity index (χ3v) is 5.10. The normalized spacial score (nSPS) is 22.8. The lowest BCUT2D eigenvalue weighted by Crippen LogP contribution is -2.29. The SMILES string of the molecule is CCc1oc2ccccc2c1CNCC1CCCCC1C. The molecule has 2 unspecified atom stereocenters. The molecule has 1 aromatic carbocycles. The number of fused-ring (bicyclic) bond motifs is 1. The Morgan fingerprint density at radius 2 is 2.00 bits per heavy atom. The predicted molar refractivity (Wildman–Crippen MR) is 88.4 cm³/mol. The first-order chi connectivity index (χ1) is 10.3. The summed E-state index contributed by atoms with van der Waals surface area (Å²) in [7, 11) is 0. The highest BCUT2D eigenvalue weighted by molar-refractivity contribution is 5.82. The van der Waals surface area contributed by atoms with E-state index in [9.17, 15) is 0 Å². The van der Waals surface area contributed by atoms with E-state index in [2.05, 4.69) is 37.4 Å². The van der Waals surface area contributed by atoms with Gasteiger partial charge in [0.1, 0.15) is 11.3 Å². The first-order valence-corrected chi connectivity index (χ1v) is 8.49. The Morgan fingerprint density at radius 3 is 2.81 bits per heavy atom. The van der Waals surface area contributed by atoms with E-state index in [0.29, 0.717) is 0 Å². The Bertz CT molecular complexity index is 586. The lowest BCUT2D eigenvalue weighted by Gasteiger charge is -2.28. The number of hydrogen-bond acceptors (Lipinski definition) is 2. The first kappa shape index (κ1) is 14.6. The van der Waals surface area contributed by atoms with E-state index in [1.807, 2.05) is 6.07 Å². The second-order valence-electron chi connectivity index (χ2n) is 6.51. The summed E-state index contributed by atoms with van der Waals surface area (Å²) >= 11 is 0. The zero-order chi connectivity index (χ0) is 14.7. The van der Waals surface area contributed by atoms with Crippen LogP contribution in [0.25, 0.3) is 11.0 Å². The lowest BCUT2D eigenvalue weighted by atomic mass is 9.80. The van der Waals surface area contributed by atoms with Crippen molar-refractivity contribution in [2.75, 3.05) is 6.54 Å². The van der Waals surface area contributed by atoms with Gasteiger partial charge in [-0.2, -0.15) is 0 Å². The molecular weight excluding hydrogens is 258 g/mol. The van der Waals surface area contributed by atoms with Gasteiger partial charge in [-0.25, -0.2) is 0 Å². The molecule has 1 aliphatic carbocycles. The van der Waals surface area contributed by atoms with Crippen LogP contribution in [-0.4, -0.2) is 6.54 Å². The van der Waals surface area contributed by atoms with Crippen molar-refractivity contribution in [1.29, 1.82) is 0 Å². The predicted octanol–water partition coefficient (Wildman–Crippen LogP) is 4.91. The standard InChI is InChI=1S/C19H27NO/c1-3-18-17(16-10-6-7-11-19(16)21-18)13-20-12-15-9-5-4-8-14(15)2/h6-7,10-11,14-15,20H,3-5,8-9,12-13H2,1-2H3. The van der Waals surface area contributed by atoms with E-state index < -0.39 is 0 Å². The van der Waals surface area contributed by atoms with Crippen LogP contribution in [0.1, 0.15) is 50.9 Å². The molecule has 0 saturated heterocycles.